The largest absolute Gasteiger partial charge is 0.494 e. The summed E-state index contributed by atoms with van der Waals surface area (Å²) in [5, 5.41) is 3.95. The van der Waals surface area contributed by atoms with Crippen LogP contribution in [-0.4, -0.2) is 27.5 Å². The molecule has 1 fully saturated rings. The van der Waals surface area contributed by atoms with Crippen LogP contribution < -0.4 is 9.47 Å². The van der Waals surface area contributed by atoms with Crippen LogP contribution in [0.25, 0.3) is 0 Å². The first-order valence-electron chi connectivity index (χ1n) is 7.80. The normalized spacial score (nSPS) is 14.7. The standard InChI is InChI=1S/C16H18F3N3O2/c1-2-23-12-5-7-13(8-6-12)24-9-14-20-15(11-3-4-11)22(21-14)10-16(17,18)19/h5-8,11H,2-4,9-10H2,1H3. The third-order valence-corrected chi connectivity index (χ3v) is 3.52. The molecule has 1 saturated carbocycles. The van der Waals surface area contributed by atoms with Crippen LogP contribution in [0.3, 0.4) is 0 Å². The van der Waals surface area contributed by atoms with Crippen LogP contribution in [0.1, 0.15) is 37.3 Å². The number of benzene rings is 1. The number of hydrogen-bond acceptors (Lipinski definition) is 4. The third-order valence-electron chi connectivity index (χ3n) is 3.52. The molecule has 1 aliphatic carbocycles. The highest BCUT2D eigenvalue weighted by molar-refractivity contribution is 5.31. The Bertz CT molecular complexity index is 679. The zero-order valence-corrected chi connectivity index (χ0v) is 13.2. The third kappa shape index (κ3) is 4.39. The molecule has 0 atom stereocenters. The van der Waals surface area contributed by atoms with E-state index in [1.165, 1.54) is 0 Å². The highest BCUT2D eigenvalue weighted by Gasteiger charge is 2.35. The fraction of sp³-hybridized carbons (Fsp3) is 0.500. The lowest BCUT2D eigenvalue weighted by atomic mass is 10.3. The molecular formula is C16H18F3N3O2. The Balaban J connectivity index is 1.65. The van der Waals surface area contributed by atoms with Crippen molar-refractivity contribution in [2.24, 2.45) is 0 Å². The van der Waals surface area contributed by atoms with Gasteiger partial charge in [0, 0.05) is 5.92 Å². The van der Waals surface area contributed by atoms with Crippen molar-refractivity contribution in [1.82, 2.24) is 14.8 Å². The van der Waals surface area contributed by atoms with Gasteiger partial charge in [0.15, 0.2) is 5.82 Å². The summed E-state index contributed by atoms with van der Waals surface area (Å²) in [6.07, 6.45) is -2.60. The van der Waals surface area contributed by atoms with E-state index in [2.05, 4.69) is 10.1 Å². The number of rotatable bonds is 7. The number of nitrogens with zero attached hydrogens (tertiary/aromatic N) is 3. The first kappa shape index (κ1) is 16.6. The SMILES string of the molecule is CCOc1ccc(OCc2nc(C3CC3)n(CC(F)(F)F)n2)cc1. The van der Waals surface area contributed by atoms with Crippen LogP contribution in [-0.2, 0) is 13.2 Å². The summed E-state index contributed by atoms with van der Waals surface area (Å²) in [4.78, 5) is 4.22. The Kier molecular flexibility index (Phi) is 4.64. The molecule has 130 valence electrons. The van der Waals surface area contributed by atoms with Gasteiger partial charge in [-0.15, -0.1) is 0 Å². The van der Waals surface area contributed by atoms with Gasteiger partial charge in [-0.2, -0.15) is 18.3 Å². The molecule has 0 saturated heterocycles. The van der Waals surface area contributed by atoms with Gasteiger partial charge in [0.25, 0.3) is 0 Å². The van der Waals surface area contributed by atoms with E-state index in [0.717, 1.165) is 23.3 Å². The number of hydrogen-bond donors (Lipinski definition) is 0. The van der Waals surface area contributed by atoms with Gasteiger partial charge in [0.05, 0.1) is 6.61 Å². The van der Waals surface area contributed by atoms with Gasteiger partial charge in [-0.05, 0) is 44.0 Å². The second-order valence-electron chi connectivity index (χ2n) is 5.63. The molecule has 24 heavy (non-hydrogen) atoms. The van der Waals surface area contributed by atoms with Crippen LogP contribution >= 0.6 is 0 Å². The van der Waals surface area contributed by atoms with Crippen LogP contribution in [0, 0.1) is 0 Å². The van der Waals surface area contributed by atoms with E-state index < -0.39 is 12.7 Å². The average Bonchev–Trinajstić information content (AvgIpc) is 3.28. The molecule has 0 amide bonds. The summed E-state index contributed by atoms with van der Waals surface area (Å²) in [7, 11) is 0. The van der Waals surface area contributed by atoms with Crippen LogP contribution in [0.4, 0.5) is 13.2 Å². The minimum atomic E-state index is -4.31. The number of alkyl halides is 3. The number of halogens is 3. The molecule has 0 bridgehead atoms. The fourth-order valence-corrected chi connectivity index (χ4v) is 2.34. The second-order valence-corrected chi connectivity index (χ2v) is 5.63. The van der Waals surface area contributed by atoms with E-state index in [4.69, 9.17) is 9.47 Å². The summed E-state index contributed by atoms with van der Waals surface area (Å²) in [5.41, 5.74) is 0. The summed E-state index contributed by atoms with van der Waals surface area (Å²) in [6, 6.07) is 7.01. The van der Waals surface area contributed by atoms with E-state index >= 15 is 0 Å². The van der Waals surface area contributed by atoms with Crippen molar-refractivity contribution in [2.45, 2.75) is 45.0 Å². The zero-order chi connectivity index (χ0) is 17.2. The highest BCUT2D eigenvalue weighted by atomic mass is 19.4. The van der Waals surface area contributed by atoms with Crippen molar-refractivity contribution < 1.29 is 22.6 Å². The van der Waals surface area contributed by atoms with E-state index in [1.54, 1.807) is 24.3 Å². The van der Waals surface area contributed by atoms with Crippen molar-refractivity contribution in [1.29, 1.82) is 0 Å². The van der Waals surface area contributed by atoms with Gasteiger partial charge in [-0.1, -0.05) is 0 Å². The Morgan fingerprint density at radius 3 is 2.29 bits per heavy atom. The predicted octanol–water partition coefficient (Wildman–Crippen LogP) is 3.70. The molecule has 0 radical (unpaired) electrons. The summed E-state index contributed by atoms with van der Waals surface area (Å²) in [6.45, 7) is 1.38. The molecule has 2 aromatic rings. The molecule has 0 aliphatic heterocycles. The fourth-order valence-electron chi connectivity index (χ4n) is 2.34. The minimum Gasteiger partial charge on any atom is -0.494 e. The molecule has 1 heterocycles. The summed E-state index contributed by atoms with van der Waals surface area (Å²) >= 11 is 0. The Morgan fingerprint density at radius 1 is 1.12 bits per heavy atom. The number of ether oxygens (including phenoxy) is 2. The monoisotopic (exact) mass is 341 g/mol. The molecule has 1 aromatic heterocycles. The van der Waals surface area contributed by atoms with E-state index in [1.807, 2.05) is 6.92 Å². The molecule has 5 nitrogen and oxygen atoms in total. The van der Waals surface area contributed by atoms with Crippen molar-refractivity contribution in [2.75, 3.05) is 6.61 Å². The van der Waals surface area contributed by atoms with Gasteiger partial charge in [0.2, 0.25) is 0 Å². The molecule has 0 spiro atoms. The lowest BCUT2D eigenvalue weighted by Crippen LogP contribution is -2.20. The average molecular weight is 341 g/mol. The summed E-state index contributed by atoms with van der Waals surface area (Å²) < 4.78 is 49.7. The first-order chi connectivity index (χ1) is 11.4. The van der Waals surface area contributed by atoms with Crippen molar-refractivity contribution in [3.63, 3.8) is 0 Å². The van der Waals surface area contributed by atoms with Gasteiger partial charge >= 0.3 is 6.18 Å². The number of aromatic nitrogens is 3. The van der Waals surface area contributed by atoms with Crippen LogP contribution in [0.5, 0.6) is 11.5 Å². The maximum absolute atomic E-state index is 12.6. The quantitative estimate of drug-likeness (QED) is 0.771. The predicted molar refractivity (Wildman–Crippen MR) is 80.0 cm³/mol. The molecule has 0 unspecified atom stereocenters. The van der Waals surface area contributed by atoms with Crippen LogP contribution in [0.15, 0.2) is 24.3 Å². The van der Waals surface area contributed by atoms with Crippen molar-refractivity contribution in [3.05, 3.63) is 35.9 Å². The molecular weight excluding hydrogens is 323 g/mol. The Labute approximate surface area is 137 Å². The topological polar surface area (TPSA) is 49.2 Å². The van der Waals surface area contributed by atoms with Gasteiger partial charge in [-0.3, -0.25) is 0 Å². The Hall–Kier alpha value is -2.25. The van der Waals surface area contributed by atoms with Gasteiger partial charge in [-0.25, -0.2) is 9.67 Å². The lowest BCUT2D eigenvalue weighted by molar-refractivity contribution is -0.143. The highest BCUT2D eigenvalue weighted by Crippen LogP contribution is 2.39. The second kappa shape index (κ2) is 6.70. The van der Waals surface area contributed by atoms with Gasteiger partial charge < -0.3 is 9.47 Å². The Morgan fingerprint density at radius 2 is 1.75 bits per heavy atom. The smallest absolute Gasteiger partial charge is 0.408 e. The maximum atomic E-state index is 12.6. The lowest BCUT2D eigenvalue weighted by Gasteiger charge is -2.08. The molecule has 8 heteroatoms. The maximum Gasteiger partial charge on any atom is 0.408 e. The van der Waals surface area contributed by atoms with E-state index in [9.17, 15) is 13.2 Å². The summed E-state index contributed by atoms with van der Waals surface area (Å²) in [5.74, 6) is 2.05. The van der Waals surface area contributed by atoms with E-state index in [0.29, 0.717) is 18.2 Å². The van der Waals surface area contributed by atoms with Crippen molar-refractivity contribution in [3.8, 4) is 11.5 Å². The molecule has 1 aromatic carbocycles. The van der Waals surface area contributed by atoms with Crippen LogP contribution in [0.2, 0.25) is 0 Å². The van der Waals surface area contributed by atoms with E-state index in [-0.39, 0.29) is 18.3 Å². The van der Waals surface area contributed by atoms with Gasteiger partial charge in [0.1, 0.15) is 30.5 Å². The molecule has 3 rings (SSSR count). The minimum absolute atomic E-state index is 0.0263. The van der Waals surface area contributed by atoms with Crippen molar-refractivity contribution >= 4 is 0 Å². The zero-order valence-electron chi connectivity index (χ0n) is 13.2. The molecule has 0 N–H and O–H groups in total. The molecule has 1 aliphatic rings. The first-order valence-corrected chi connectivity index (χ1v) is 7.80.